The zero-order chi connectivity index (χ0) is 19.6. The van der Waals surface area contributed by atoms with Gasteiger partial charge >= 0.3 is 12.3 Å². The molecule has 1 aliphatic heterocycles. The van der Waals surface area contributed by atoms with Crippen molar-refractivity contribution in [2.75, 3.05) is 31.8 Å². The van der Waals surface area contributed by atoms with Crippen LogP contribution in [0.3, 0.4) is 0 Å². The van der Waals surface area contributed by atoms with E-state index in [9.17, 15) is 22.4 Å². The lowest BCUT2D eigenvalue weighted by molar-refractivity contribution is -0.148. The molecular formula is C16H16F4N2O5. The van der Waals surface area contributed by atoms with Crippen LogP contribution in [-0.4, -0.2) is 56.6 Å². The third-order valence-electron chi connectivity index (χ3n) is 3.79. The summed E-state index contributed by atoms with van der Waals surface area (Å²) in [6.07, 6.45) is -9.39. The molecule has 11 heteroatoms. The van der Waals surface area contributed by atoms with Crippen molar-refractivity contribution in [1.82, 2.24) is 5.16 Å². The Kier molecular flexibility index (Phi) is 5.40. The van der Waals surface area contributed by atoms with Crippen molar-refractivity contribution in [2.45, 2.75) is 24.9 Å². The van der Waals surface area contributed by atoms with E-state index in [1.807, 2.05) is 0 Å². The maximum atomic E-state index is 13.3. The van der Waals surface area contributed by atoms with Crippen molar-refractivity contribution in [3.63, 3.8) is 0 Å². The Hall–Kier alpha value is -2.56. The maximum Gasteiger partial charge on any atom is 0.416 e. The summed E-state index contributed by atoms with van der Waals surface area (Å²) in [7, 11) is 1.49. The predicted molar refractivity (Wildman–Crippen MR) is 84.6 cm³/mol. The van der Waals surface area contributed by atoms with E-state index in [4.69, 9.17) is 18.7 Å². The number of halogens is 4. The second-order valence-corrected chi connectivity index (χ2v) is 5.96. The van der Waals surface area contributed by atoms with Crippen molar-refractivity contribution in [3.8, 4) is 5.75 Å². The predicted octanol–water partition coefficient (Wildman–Crippen LogP) is 3.47. The molecule has 2 heterocycles. The van der Waals surface area contributed by atoms with Crippen LogP contribution in [0, 0.1) is 0 Å². The van der Waals surface area contributed by atoms with Gasteiger partial charge < -0.3 is 18.7 Å². The number of rotatable bonds is 7. The number of benzene rings is 1. The van der Waals surface area contributed by atoms with Gasteiger partial charge in [0.25, 0.3) is 0 Å². The van der Waals surface area contributed by atoms with Gasteiger partial charge in [-0.1, -0.05) is 5.16 Å². The maximum absolute atomic E-state index is 13.3. The summed E-state index contributed by atoms with van der Waals surface area (Å²) in [4.78, 5) is 13.3. The highest BCUT2D eigenvalue weighted by molar-refractivity contribution is 5.99. The molecule has 2 atom stereocenters. The first-order chi connectivity index (χ1) is 12.8. The molecule has 0 bridgehead atoms. The van der Waals surface area contributed by atoms with Crippen molar-refractivity contribution in [3.05, 3.63) is 18.2 Å². The van der Waals surface area contributed by atoms with Crippen LogP contribution in [0.15, 0.2) is 22.7 Å². The number of amides is 1. The first kappa shape index (κ1) is 19.2. The number of fused-ring (bicyclic) bond motifs is 1. The number of carbonyl (C=O) groups is 1. The van der Waals surface area contributed by atoms with Gasteiger partial charge in [0, 0.05) is 13.2 Å². The first-order valence-corrected chi connectivity index (χ1v) is 7.97. The van der Waals surface area contributed by atoms with Gasteiger partial charge in [0.2, 0.25) is 0 Å². The van der Waals surface area contributed by atoms with E-state index < -0.39 is 37.6 Å². The molecule has 3 rings (SSSR count). The van der Waals surface area contributed by atoms with E-state index in [1.54, 1.807) is 0 Å². The van der Waals surface area contributed by atoms with Crippen LogP contribution in [0.5, 0.6) is 5.75 Å². The van der Waals surface area contributed by atoms with Crippen LogP contribution in [0.4, 0.5) is 28.2 Å². The lowest BCUT2D eigenvalue weighted by atomic mass is 10.2. The molecule has 1 unspecified atom stereocenters. The number of methoxy groups -OCH3 is 1. The Morgan fingerprint density at radius 1 is 1.41 bits per heavy atom. The summed E-state index contributed by atoms with van der Waals surface area (Å²) in [5.41, 5.74) is 0.233. The second-order valence-electron chi connectivity index (χ2n) is 5.96. The van der Waals surface area contributed by atoms with Crippen LogP contribution in [0.25, 0.3) is 11.0 Å². The van der Waals surface area contributed by atoms with Crippen LogP contribution >= 0.6 is 0 Å². The number of hydrogen-bond acceptors (Lipinski definition) is 6. The van der Waals surface area contributed by atoms with Crippen molar-refractivity contribution < 1.29 is 41.1 Å². The van der Waals surface area contributed by atoms with Gasteiger partial charge in [0.05, 0.1) is 25.0 Å². The molecule has 0 aliphatic carbocycles. The number of nitrogens with zero attached hydrogens (tertiary/aromatic N) is 2. The summed E-state index contributed by atoms with van der Waals surface area (Å²) < 4.78 is 70.0. The summed E-state index contributed by atoms with van der Waals surface area (Å²) >= 11 is 0. The van der Waals surface area contributed by atoms with E-state index in [0.717, 1.165) is 0 Å². The van der Waals surface area contributed by atoms with Crippen LogP contribution < -0.4 is 9.64 Å². The monoisotopic (exact) mass is 392 g/mol. The molecule has 1 aromatic heterocycles. The number of anilines is 1. The van der Waals surface area contributed by atoms with E-state index in [2.05, 4.69) is 5.16 Å². The number of carbonyl (C=O) groups excluding carboxylic acids is 1. The number of hydrogen-bond donors (Lipinski definition) is 0. The number of aromatic nitrogens is 1. The number of alkyl halides is 4. The van der Waals surface area contributed by atoms with Crippen molar-refractivity contribution in [1.29, 1.82) is 0 Å². The number of ether oxygens (including phenoxy) is 3. The van der Waals surface area contributed by atoms with Crippen LogP contribution in [0.1, 0.15) is 6.42 Å². The van der Waals surface area contributed by atoms with Gasteiger partial charge in [0.15, 0.2) is 11.4 Å². The average Bonchev–Trinajstić information content (AvgIpc) is 3.14. The van der Waals surface area contributed by atoms with E-state index in [1.165, 1.54) is 30.2 Å². The van der Waals surface area contributed by atoms with E-state index in [0.29, 0.717) is 5.39 Å². The largest absolute Gasteiger partial charge is 0.490 e. The topological polar surface area (TPSA) is 74.0 Å². The second kappa shape index (κ2) is 7.59. The third kappa shape index (κ3) is 4.59. The van der Waals surface area contributed by atoms with E-state index in [-0.39, 0.29) is 30.3 Å². The molecule has 0 radical (unpaired) electrons. The zero-order valence-electron chi connectivity index (χ0n) is 14.2. The minimum Gasteiger partial charge on any atom is -0.490 e. The highest BCUT2D eigenvalue weighted by Gasteiger charge is 2.35. The SMILES string of the molecule is COC[C@@H]1CN(c2noc3cc(OCC(F)CC(F)(F)F)ccc23)C(=O)O1. The average molecular weight is 392 g/mol. The van der Waals surface area contributed by atoms with Gasteiger partial charge in [-0.25, -0.2) is 9.18 Å². The molecule has 1 aromatic carbocycles. The first-order valence-electron chi connectivity index (χ1n) is 7.97. The zero-order valence-corrected chi connectivity index (χ0v) is 14.2. The molecule has 148 valence electrons. The van der Waals surface area contributed by atoms with Gasteiger partial charge in [0.1, 0.15) is 24.6 Å². The molecule has 2 aromatic rings. The lowest BCUT2D eigenvalue weighted by Crippen LogP contribution is -2.26. The molecule has 1 amide bonds. The molecule has 0 spiro atoms. The van der Waals surface area contributed by atoms with Gasteiger partial charge in [-0.05, 0) is 12.1 Å². The van der Waals surface area contributed by atoms with Gasteiger partial charge in [-0.3, -0.25) is 4.90 Å². The van der Waals surface area contributed by atoms with Crippen molar-refractivity contribution >= 4 is 22.9 Å². The molecule has 0 saturated carbocycles. The minimum absolute atomic E-state index is 0.122. The Morgan fingerprint density at radius 2 is 2.19 bits per heavy atom. The molecule has 7 nitrogen and oxygen atoms in total. The molecule has 1 saturated heterocycles. The van der Waals surface area contributed by atoms with Gasteiger partial charge in [-0.2, -0.15) is 13.2 Å². The lowest BCUT2D eigenvalue weighted by Gasteiger charge is -2.12. The van der Waals surface area contributed by atoms with E-state index >= 15 is 0 Å². The third-order valence-corrected chi connectivity index (χ3v) is 3.79. The summed E-state index contributed by atoms with van der Waals surface area (Å²) in [6.45, 7) is -0.283. The summed E-state index contributed by atoms with van der Waals surface area (Å²) in [6, 6.07) is 4.31. The fraction of sp³-hybridized carbons (Fsp3) is 0.500. The summed E-state index contributed by atoms with van der Waals surface area (Å²) in [5, 5.41) is 4.31. The fourth-order valence-electron chi connectivity index (χ4n) is 2.65. The molecule has 27 heavy (non-hydrogen) atoms. The summed E-state index contributed by atoms with van der Waals surface area (Å²) in [5.74, 6) is 0.358. The standard InChI is InChI=1S/C16H16F4N2O5/c1-24-8-11-6-22(15(23)26-11)14-12-3-2-10(4-13(12)27-21-14)25-7-9(17)5-16(18,19)20/h2-4,9,11H,5-8H2,1H3/t9?,11-/m0/s1. The smallest absolute Gasteiger partial charge is 0.416 e. The van der Waals surface area contributed by atoms with Crippen LogP contribution in [-0.2, 0) is 9.47 Å². The quantitative estimate of drug-likeness (QED) is 0.672. The molecule has 1 fully saturated rings. The Morgan fingerprint density at radius 3 is 2.89 bits per heavy atom. The normalized spacial score (nSPS) is 18.8. The fourth-order valence-corrected chi connectivity index (χ4v) is 2.65. The molecule has 0 N–H and O–H groups in total. The molecule has 1 aliphatic rings. The van der Waals surface area contributed by atoms with Gasteiger partial charge in [-0.15, -0.1) is 0 Å². The van der Waals surface area contributed by atoms with Crippen molar-refractivity contribution in [2.24, 2.45) is 0 Å². The Balaban J connectivity index is 1.69. The highest BCUT2D eigenvalue weighted by atomic mass is 19.4. The Bertz CT molecular complexity index is 810. The Labute approximate surface area is 150 Å². The number of cyclic esters (lactones) is 1. The highest BCUT2D eigenvalue weighted by Crippen LogP contribution is 2.32. The minimum atomic E-state index is -4.60. The van der Waals surface area contributed by atoms with Crippen LogP contribution in [0.2, 0.25) is 0 Å². The molecular weight excluding hydrogens is 376 g/mol.